The molecule has 1 aliphatic carbocycles. The second-order valence-electron chi connectivity index (χ2n) is 8.73. The van der Waals surface area contributed by atoms with Crippen LogP contribution < -0.4 is 11.1 Å². The smallest absolute Gasteiger partial charge is 0.345 e. The molecule has 1 heterocycles. The number of hydrogen-bond acceptors (Lipinski definition) is 7. The second kappa shape index (κ2) is 11.0. The van der Waals surface area contributed by atoms with Crippen molar-refractivity contribution in [3.05, 3.63) is 64.1 Å². The Labute approximate surface area is 220 Å². The third kappa shape index (κ3) is 5.97. The average molecular weight is 544 g/mol. The molecule has 3 N–H and O–H groups in total. The van der Waals surface area contributed by atoms with Crippen molar-refractivity contribution < 1.29 is 33.1 Å². The van der Waals surface area contributed by atoms with Crippen LogP contribution in [0.2, 0.25) is 5.02 Å². The molecular weight excluding hydrogens is 521 g/mol. The Morgan fingerprint density at radius 2 is 1.95 bits per heavy atom. The molecule has 38 heavy (non-hydrogen) atoms. The van der Waals surface area contributed by atoms with Crippen molar-refractivity contribution >= 4 is 52.2 Å². The van der Waals surface area contributed by atoms with E-state index in [1.54, 1.807) is 6.07 Å². The molecule has 1 fully saturated rings. The summed E-state index contributed by atoms with van der Waals surface area (Å²) < 4.78 is 19.9. The van der Waals surface area contributed by atoms with E-state index in [1.807, 2.05) is 0 Å². The number of aromatic nitrogens is 2. The largest absolute Gasteiger partial charge is 0.390 e. The molecule has 11 nitrogen and oxygen atoms in total. The summed E-state index contributed by atoms with van der Waals surface area (Å²) >= 11 is 5.78. The normalized spacial score (nSPS) is 12.7. The molecule has 2 aromatic carbocycles. The van der Waals surface area contributed by atoms with E-state index in [4.69, 9.17) is 17.3 Å². The predicted molar refractivity (Wildman–Crippen MR) is 132 cm³/mol. The van der Waals surface area contributed by atoms with Crippen LogP contribution in [0.15, 0.2) is 36.4 Å². The molecule has 4 rings (SSSR count). The van der Waals surface area contributed by atoms with Gasteiger partial charge in [0, 0.05) is 30.5 Å². The summed E-state index contributed by atoms with van der Waals surface area (Å²) in [4.78, 5) is 62.5. The van der Waals surface area contributed by atoms with Crippen LogP contribution in [0.1, 0.15) is 46.2 Å². The maximum atomic E-state index is 14.1. The molecule has 0 saturated heterocycles. The first-order chi connectivity index (χ1) is 18.0. The number of amides is 3. The van der Waals surface area contributed by atoms with Gasteiger partial charge >= 0.3 is 11.9 Å². The molecule has 1 aliphatic rings. The van der Waals surface area contributed by atoms with Crippen molar-refractivity contribution in [3.8, 4) is 0 Å². The molecule has 1 saturated carbocycles. The van der Waals surface area contributed by atoms with Crippen molar-refractivity contribution in [3.63, 3.8) is 0 Å². The zero-order valence-electron chi connectivity index (χ0n) is 20.2. The fourth-order valence-corrected chi connectivity index (χ4v) is 4.10. The number of rotatable bonds is 9. The Morgan fingerprint density at radius 1 is 1.21 bits per heavy atom. The van der Waals surface area contributed by atoms with Gasteiger partial charge in [-0.1, -0.05) is 23.7 Å². The molecule has 13 heteroatoms. The van der Waals surface area contributed by atoms with Crippen molar-refractivity contribution in [2.45, 2.75) is 38.9 Å². The van der Waals surface area contributed by atoms with E-state index in [9.17, 15) is 28.4 Å². The summed E-state index contributed by atoms with van der Waals surface area (Å²) in [7, 11) is 0. The summed E-state index contributed by atoms with van der Waals surface area (Å²) in [6.07, 6.45) is 1.41. The van der Waals surface area contributed by atoms with Gasteiger partial charge < -0.3 is 20.7 Å². The van der Waals surface area contributed by atoms with Crippen molar-refractivity contribution in [2.24, 2.45) is 5.73 Å². The number of primary amides is 1. The van der Waals surface area contributed by atoms with E-state index >= 15 is 0 Å². The maximum Gasteiger partial charge on any atom is 0.345 e. The molecule has 198 valence electrons. The third-order valence-electron chi connectivity index (χ3n) is 5.87. The Morgan fingerprint density at radius 3 is 2.61 bits per heavy atom. The first kappa shape index (κ1) is 26.7. The average Bonchev–Trinajstić information content (AvgIpc) is 3.64. The number of fused-ring (bicyclic) bond motifs is 1. The minimum absolute atomic E-state index is 0.00370. The van der Waals surface area contributed by atoms with Crippen LogP contribution in [0.4, 0.5) is 4.39 Å². The van der Waals surface area contributed by atoms with E-state index in [0.29, 0.717) is 18.2 Å². The van der Waals surface area contributed by atoms with Gasteiger partial charge in [0.15, 0.2) is 5.69 Å². The summed E-state index contributed by atoms with van der Waals surface area (Å²) in [6.45, 7) is 0.340. The molecule has 0 unspecified atom stereocenters. The minimum Gasteiger partial charge on any atom is -0.390 e. The van der Waals surface area contributed by atoms with E-state index in [-0.39, 0.29) is 53.0 Å². The van der Waals surface area contributed by atoms with Crippen molar-refractivity contribution in [1.82, 2.24) is 20.0 Å². The lowest BCUT2D eigenvalue weighted by atomic mass is 10.1. The van der Waals surface area contributed by atoms with Gasteiger partial charge in [-0.25, -0.2) is 9.18 Å². The van der Waals surface area contributed by atoms with Gasteiger partial charge in [0.25, 0.3) is 5.91 Å². The fraction of sp³-hybridized carbons (Fsp3) is 0.280. The van der Waals surface area contributed by atoms with Crippen molar-refractivity contribution in [1.29, 1.82) is 0 Å². The highest BCUT2D eigenvalue weighted by molar-refractivity contribution is 6.30. The number of carbonyl (C=O) groups excluding carboxylic acids is 5. The van der Waals surface area contributed by atoms with Crippen LogP contribution in [0.3, 0.4) is 0 Å². The van der Waals surface area contributed by atoms with Gasteiger partial charge in [0.05, 0.1) is 22.6 Å². The quantitative estimate of drug-likeness (QED) is 0.309. The lowest BCUT2D eigenvalue weighted by Crippen LogP contribution is -2.43. The fourth-order valence-electron chi connectivity index (χ4n) is 3.91. The molecule has 0 radical (unpaired) electrons. The minimum atomic E-state index is -0.911. The highest BCUT2D eigenvalue weighted by atomic mass is 35.5. The third-order valence-corrected chi connectivity index (χ3v) is 6.16. The highest BCUT2D eigenvalue weighted by Crippen LogP contribution is 2.28. The number of benzene rings is 2. The SMILES string of the molecule is CC(=O)OC(=O)c1ccc2c(C(N)=O)nn(CC(=O)N(CC(=O)NCc3cccc(Cl)c3F)C3CC3)c2c1. The van der Waals surface area contributed by atoms with Crippen LogP contribution in [0.5, 0.6) is 0 Å². The number of ether oxygens (including phenoxy) is 1. The standard InChI is InChI=1S/C25H23ClFN5O6/c1-13(33)38-25(37)14-5-8-17-19(9-14)32(30-23(17)24(28)36)12-21(35)31(16-6-7-16)11-20(34)29-10-15-3-2-4-18(26)22(15)27/h2-5,8-9,16H,6-7,10-12H2,1H3,(H2,28,36)(H,29,34). The number of nitrogens with one attached hydrogen (secondary N) is 1. The number of esters is 2. The number of nitrogens with zero attached hydrogens (tertiary/aromatic N) is 3. The zero-order chi connectivity index (χ0) is 27.6. The van der Waals surface area contributed by atoms with Gasteiger partial charge in [-0.3, -0.25) is 23.9 Å². The molecule has 3 aromatic rings. The van der Waals surface area contributed by atoms with Gasteiger partial charge in [-0.2, -0.15) is 5.10 Å². The predicted octanol–water partition coefficient (Wildman–Crippen LogP) is 1.94. The zero-order valence-corrected chi connectivity index (χ0v) is 21.0. The molecule has 0 spiro atoms. The van der Waals surface area contributed by atoms with Crippen LogP contribution in [0, 0.1) is 5.82 Å². The van der Waals surface area contributed by atoms with E-state index in [1.165, 1.54) is 39.9 Å². The van der Waals surface area contributed by atoms with Gasteiger partial charge in [-0.15, -0.1) is 0 Å². The number of halogens is 2. The van der Waals surface area contributed by atoms with Gasteiger partial charge in [0.2, 0.25) is 11.8 Å². The maximum absolute atomic E-state index is 14.1. The van der Waals surface area contributed by atoms with Gasteiger partial charge in [-0.05, 0) is 37.1 Å². The molecular formula is C25H23ClFN5O6. The monoisotopic (exact) mass is 543 g/mol. The van der Waals surface area contributed by atoms with Crippen LogP contribution in [-0.4, -0.2) is 56.9 Å². The van der Waals surface area contributed by atoms with Crippen molar-refractivity contribution in [2.75, 3.05) is 6.54 Å². The lowest BCUT2D eigenvalue weighted by Gasteiger charge is -2.22. The first-order valence-electron chi connectivity index (χ1n) is 11.6. The second-order valence-corrected chi connectivity index (χ2v) is 9.13. The number of hydrogen-bond donors (Lipinski definition) is 2. The number of carbonyl (C=O) groups is 5. The van der Waals surface area contributed by atoms with Crippen LogP contribution in [-0.2, 0) is 32.2 Å². The molecule has 0 bridgehead atoms. The van der Waals surface area contributed by atoms with E-state index in [2.05, 4.69) is 15.2 Å². The van der Waals surface area contributed by atoms with Crippen LogP contribution in [0.25, 0.3) is 10.9 Å². The molecule has 1 aromatic heterocycles. The topological polar surface area (TPSA) is 154 Å². The Bertz CT molecular complexity index is 1470. The van der Waals surface area contributed by atoms with Crippen LogP contribution >= 0.6 is 11.6 Å². The summed E-state index contributed by atoms with van der Waals surface area (Å²) in [5.74, 6) is -4.14. The molecule has 0 aliphatic heterocycles. The molecule has 3 amide bonds. The summed E-state index contributed by atoms with van der Waals surface area (Å²) in [6, 6.07) is 8.39. The lowest BCUT2D eigenvalue weighted by molar-refractivity contribution is -0.137. The Hall–Kier alpha value is -4.32. The molecule has 0 atom stereocenters. The Kier molecular flexibility index (Phi) is 7.72. The first-order valence-corrected chi connectivity index (χ1v) is 11.9. The van der Waals surface area contributed by atoms with E-state index < -0.39 is 35.5 Å². The van der Waals surface area contributed by atoms with E-state index in [0.717, 1.165) is 6.92 Å². The highest BCUT2D eigenvalue weighted by Gasteiger charge is 2.34. The summed E-state index contributed by atoms with van der Waals surface area (Å²) in [5, 5.41) is 6.97. The van der Waals surface area contributed by atoms with Gasteiger partial charge in [0.1, 0.15) is 12.4 Å². The Balaban J connectivity index is 1.52. The summed E-state index contributed by atoms with van der Waals surface area (Å²) in [5.41, 5.74) is 5.77. The number of nitrogens with two attached hydrogens (primary N) is 1.